The molecule has 1 atom stereocenters. The van der Waals surface area contributed by atoms with Crippen molar-refractivity contribution < 1.29 is 28.6 Å². The predicted octanol–water partition coefficient (Wildman–Crippen LogP) is 15.7. The minimum absolute atomic E-state index is 0.0822. The Hall–Kier alpha value is -2.89. The summed E-state index contributed by atoms with van der Waals surface area (Å²) in [6, 6.07) is 0. The molecule has 58 heavy (non-hydrogen) atoms. The van der Waals surface area contributed by atoms with Gasteiger partial charge < -0.3 is 14.2 Å². The number of hydrogen-bond acceptors (Lipinski definition) is 6. The average Bonchev–Trinajstić information content (AvgIpc) is 3.22. The minimum Gasteiger partial charge on any atom is -0.462 e. The molecule has 0 N–H and O–H groups in total. The van der Waals surface area contributed by atoms with Crippen molar-refractivity contribution in [3.05, 3.63) is 60.8 Å². The van der Waals surface area contributed by atoms with Gasteiger partial charge in [0.05, 0.1) is 0 Å². The van der Waals surface area contributed by atoms with Crippen LogP contribution in [-0.4, -0.2) is 37.2 Å². The Bertz CT molecular complexity index is 1070. The quantitative estimate of drug-likeness (QED) is 0.0264. The third kappa shape index (κ3) is 44.2. The SMILES string of the molecule is CC/C=C\C/C=C\C/C=C\CCCCCCCCCC(=O)OCC(COC(=O)CCCCCCCCCCC)OC(=O)CCCCCCC/C=C\C/C=C\CCCC. The first-order chi connectivity index (χ1) is 28.5. The molecule has 0 radical (unpaired) electrons. The van der Waals surface area contributed by atoms with E-state index in [4.69, 9.17) is 14.2 Å². The second-order valence-corrected chi connectivity index (χ2v) is 16.0. The summed E-state index contributed by atoms with van der Waals surface area (Å²) in [5, 5.41) is 0. The Morgan fingerprint density at radius 1 is 0.362 bits per heavy atom. The number of rotatable bonds is 43. The first kappa shape index (κ1) is 55.1. The lowest BCUT2D eigenvalue weighted by Crippen LogP contribution is -2.30. The van der Waals surface area contributed by atoms with Crippen LogP contribution >= 0.6 is 0 Å². The molecule has 0 aliphatic carbocycles. The van der Waals surface area contributed by atoms with Crippen LogP contribution in [0.2, 0.25) is 0 Å². The number of hydrogen-bond donors (Lipinski definition) is 0. The molecule has 0 heterocycles. The maximum Gasteiger partial charge on any atom is 0.306 e. The van der Waals surface area contributed by atoms with Crippen molar-refractivity contribution in [2.45, 2.75) is 239 Å². The maximum atomic E-state index is 12.7. The van der Waals surface area contributed by atoms with E-state index < -0.39 is 6.10 Å². The Kier molecular flexibility index (Phi) is 44.5. The zero-order valence-electron chi connectivity index (χ0n) is 38.0. The van der Waals surface area contributed by atoms with Gasteiger partial charge in [-0.2, -0.15) is 0 Å². The number of carbonyl (C=O) groups is 3. The molecule has 0 aromatic rings. The number of unbranched alkanes of at least 4 members (excludes halogenated alkanes) is 22. The van der Waals surface area contributed by atoms with Crippen LogP contribution < -0.4 is 0 Å². The highest BCUT2D eigenvalue weighted by Crippen LogP contribution is 2.14. The van der Waals surface area contributed by atoms with E-state index in [0.717, 1.165) is 109 Å². The fourth-order valence-electron chi connectivity index (χ4n) is 6.59. The highest BCUT2D eigenvalue weighted by Gasteiger charge is 2.19. The van der Waals surface area contributed by atoms with Crippen molar-refractivity contribution in [1.29, 1.82) is 0 Å². The van der Waals surface area contributed by atoms with Crippen LogP contribution in [-0.2, 0) is 28.6 Å². The summed E-state index contributed by atoms with van der Waals surface area (Å²) in [5.74, 6) is -0.909. The Balaban J connectivity index is 4.37. The molecule has 6 nitrogen and oxygen atoms in total. The van der Waals surface area contributed by atoms with E-state index in [9.17, 15) is 14.4 Å². The van der Waals surface area contributed by atoms with Gasteiger partial charge in [-0.15, -0.1) is 0 Å². The molecule has 0 saturated carbocycles. The van der Waals surface area contributed by atoms with Crippen molar-refractivity contribution >= 4 is 17.9 Å². The van der Waals surface area contributed by atoms with Gasteiger partial charge in [0.1, 0.15) is 13.2 Å². The molecule has 0 rings (SSSR count). The Morgan fingerprint density at radius 3 is 1.10 bits per heavy atom. The van der Waals surface area contributed by atoms with Gasteiger partial charge >= 0.3 is 17.9 Å². The van der Waals surface area contributed by atoms with Crippen molar-refractivity contribution in [2.75, 3.05) is 13.2 Å². The Labute approximate surface area is 358 Å². The standard InChI is InChI=1S/C52H90O6/c1-4-7-10-13-16-19-21-23-25-26-27-29-30-33-36-39-42-45-51(54)57-48-49(47-56-50(53)44-41-38-35-32-18-15-12-9-6-3)58-52(55)46-43-40-37-34-31-28-24-22-20-17-14-11-8-5-2/h7,10,14,16-17,19,22-25,49H,4-6,8-9,11-13,15,18,20-21,26-48H2,1-3H3/b10-7-,17-14-,19-16-,24-22-,25-23-. The van der Waals surface area contributed by atoms with Crippen LogP contribution in [0.25, 0.3) is 0 Å². The molecule has 0 aliphatic heterocycles. The number of esters is 3. The molecular weight excluding hydrogens is 721 g/mol. The van der Waals surface area contributed by atoms with Crippen molar-refractivity contribution in [3.8, 4) is 0 Å². The summed E-state index contributed by atoms with van der Waals surface area (Å²) in [6.07, 6.45) is 56.3. The zero-order chi connectivity index (χ0) is 42.3. The smallest absolute Gasteiger partial charge is 0.306 e. The summed E-state index contributed by atoms with van der Waals surface area (Å²) in [7, 11) is 0. The third-order valence-electron chi connectivity index (χ3n) is 10.3. The van der Waals surface area contributed by atoms with Crippen molar-refractivity contribution in [3.63, 3.8) is 0 Å². The fraction of sp³-hybridized carbons (Fsp3) is 0.750. The van der Waals surface area contributed by atoms with Gasteiger partial charge in [-0.1, -0.05) is 197 Å². The van der Waals surface area contributed by atoms with E-state index in [1.165, 1.54) is 83.5 Å². The van der Waals surface area contributed by atoms with Gasteiger partial charge in [0, 0.05) is 19.3 Å². The van der Waals surface area contributed by atoms with Gasteiger partial charge in [-0.05, 0) is 77.0 Å². The predicted molar refractivity (Wildman–Crippen MR) is 247 cm³/mol. The van der Waals surface area contributed by atoms with Crippen molar-refractivity contribution in [2.24, 2.45) is 0 Å². The minimum atomic E-state index is -0.781. The second-order valence-electron chi connectivity index (χ2n) is 16.0. The Morgan fingerprint density at radius 2 is 0.690 bits per heavy atom. The van der Waals surface area contributed by atoms with Crippen LogP contribution in [0.1, 0.15) is 233 Å². The molecule has 0 saturated heterocycles. The summed E-state index contributed by atoms with van der Waals surface area (Å²) in [6.45, 7) is 6.44. The molecule has 0 amide bonds. The largest absolute Gasteiger partial charge is 0.462 e. The second kappa shape index (κ2) is 46.8. The van der Waals surface area contributed by atoms with Crippen LogP contribution in [0.4, 0.5) is 0 Å². The summed E-state index contributed by atoms with van der Waals surface area (Å²) in [4.78, 5) is 37.8. The maximum absolute atomic E-state index is 12.7. The normalized spacial score (nSPS) is 12.5. The third-order valence-corrected chi connectivity index (χ3v) is 10.3. The summed E-state index contributed by atoms with van der Waals surface area (Å²) in [5.41, 5.74) is 0. The molecule has 0 aromatic heterocycles. The molecule has 0 aliphatic rings. The molecule has 0 aromatic carbocycles. The molecule has 334 valence electrons. The molecule has 1 unspecified atom stereocenters. The molecular formula is C52H90O6. The summed E-state index contributed by atoms with van der Waals surface area (Å²) < 4.78 is 16.7. The van der Waals surface area contributed by atoms with Gasteiger partial charge in [0.15, 0.2) is 6.10 Å². The summed E-state index contributed by atoms with van der Waals surface area (Å²) >= 11 is 0. The van der Waals surface area contributed by atoms with Gasteiger partial charge in [-0.3, -0.25) is 14.4 Å². The lowest BCUT2D eigenvalue weighted by Gasteiger charge is -2.18. The fourth-order valence-corrected chi connectivity index (χ4v) is 6.59. The lowest BCUT2D eigenvalue weighted by molar-refractivity contribution is -0.167. The van der Waals surface area contributed by atoms with Crippen LogP contribution in [0.5, 0.6) is 0 Å². The first-order valence-electron chi connectivity index (χ1n) is 24.3. The lowest BCUT2D eigenvalue weighted by atomic mass is 10.1. The highest BCUT2D eigenvalue weighted by molar-refractivity contribution is 5.71. The van der Waals surface area contributed by atoms with E-state index >= 15 is 0 Å². The number of ether oxygens (including phenoxy) is 3. The van der Waals surface area contributed by atoms with Crippen LogP contribution in [0.15, 0.2) is 60.8 Å². The van der Waals surface area contributed by atoms with E-state index in [1.54, 1.807) is 0 Å². The van der Waals surface area contributed by atoms with E-state index in [1.807, 2.05) is 0 Å². The average molecular weight is 811 g/mol. The zero-order valence-corrected chi connectivity index (χ0v) is 38.0. The molecule has 0 bridgehead atoms. The topological polar surface area (TPSA) is 78.9 Å². The van der Waals surface area contributed by atoms with E-state index in [-0.39, 0.29) is 31.1 Å². The van der Waals surface area contributed by atoms with Crippen LogP contribution in [0, 0.1) is 0 Å². The van der Waals surface area contributed by atoms with E-state index in [0.29, 0.717) is 19.3 Å². The monoisotopic (exact) mass is 811 g/mol. The first-order valence-corrected chi connectivity index (χ1v) is 24.3. The molecule has 6 heteroatoms. The molecule has 0 fully saturated rings. The van der Waals surface area contributed by atoms with Crippen LogP contribution in [0.3, 0.4) is 0 Å². The van der Waals surface area contributed by atoms with Gasteiger partial charge in [0.2, 0.25) is 0 Å². The number of allylic oxidation sites excluding steroid dienone is 10. The molecule has 0 spiro atoms. The van der Waals surface area contributed by atoms with E-state index in [2.05, 4.69) is 81.5 Å². The van der Waals surface area contributed by atoms with Gasteiger partial charge in [0.25, 0.3) is 0 Å². The van der Waals surface area contributed by atoms with Crippen molar-refractivity contribution in [1.82, 2.24) is 0 Å². The number of carbonyl (C=O) groups excluding carboxylic acids is 3. The highest BCUT2D eigenvalue weighted by atomic mass is 16.6. The van der Waals surface area contributed by atoms with Gasteiger partial charge in [-0.25, -0.2) is 0 Å².